The first-order valence-corrected chi connectivity index (χ1v) is 29.1. The summed E-state index contributed by atoms with van der Waals surface area (Å²) in [6.45, 7) is 1.14. The number of aliphatic hydroxyl groups is 1. The summed E-state index contributed by atoms with van der Waals surface area (Å²) in [6, 6.07) is 3.36. The highest BCUT2D eigenvalue weighted by Gasteiger charge is 2.39. The Kier molecular flexibility index (Phi) is 27.6. The molecular formula is C56H80N16O15S. The molecule has 1 aliphatic rings. The van der Waals surface area contributed by atoms with Crippen LogP contribution in [0.2, 0.25) is 0 Å². The third kappa shape index (κ3) is 21.3. The van der Waals surface area contributed by atoms with Crippen LogP contribution >= 0.6 is 11.8 Å². The van der Waals surface area contributed by atoms with Crippen LogP contribution in [-0.4, -0.2) is 238 Å². The van der Waals surface area contributed by atoms with E-state index in [1.807, 2.05) is 0 Å². The van der Waals surface area contributed by atoms with Crippen molar-refractivity contribution in [3.05, 3.63) is 71.9 Å². The van der Waals surface area contributed by atoms with E-state index in [0.29, 0.717) is 22.0 Å². The van der Waals surface area contributed by atoms with Crippen LogP contribution in [0.25, 0.3) is 10.9 Å². The summed E-state index contributed by atoms with van der Waals surface area (Å²) < 4.78 is 0. The van der Waals surface area contributed by atoms with Gasteiger partial charge in [0.1, 0.15) is 48.3 Å². The predicted molar refractivity (Wildman–Crippen MR) is 321 cm³/mol. The fourth-order valence-corrected chi connectivity index (χ4v) is 10.1. The van der Waals surface area contributed by atoms with Gasteiger partial charge in [0.25, 0.3) is 0 Å². The van der Waals surface area contributed by atoms with E-state index in [-0.39, 0.29) is 43.9 Å². The highest BCUT2D eigenvalue weighted by molar-refractivity contribution is 8.00. The van der Waals surface area contributed by atoms with Crippen molar-refractivity contribution in [1.29, 1.82) is 5.41 Å². The number of carboxylic acid groups (broad SMARTS) is 1. The van der Waals surface area contributed by atoms with Crippen LogP contribution in [0.5, 0.6) is 0 Å². The number of nitrogens with two attached hydrogens (primary N) is 2. The SMILES string of the molecule is CC(C)[C@H]1NC(=O)[C@H](CC(=O)O)NC(=O)[C@@H](C)N(C)C(=O)[C@@H](Cc2c[nH]c3ccccc23)NC(=O)CSC[C@@H](C(=O)NCC(N)=O)NC(=O)CN(C)C(=O)[C@@H](Cc2ccccc2)N(C)C(=O)[C@H](CCCNC(=N)N)NC(=O)CNC(=O)[C@H](CO)N(C)C1=O. The number of aliphatic carboxylic acids is 1. The molecule has 0 spiro atoms. The van der Waals surface area contributed by atoms with Crippen molar-refractivity contribution in [2.45, 2.75) is 101 Å². The van der Waals surface area contributed by atoms with Gasteiger partial charge in [-0.05, 0) is 42.9 Å². The second kappa shape index (κ2) is 34.1. The Morgan fingerprint density at radius 2 is 1.35 bits per heavy atom. The number of aromatic amines is 1. The topological polar surface area (TPSA) is 463 Å². The summed E-state index contributed by atoms with van der Waals surface area (Å²) >= 11 is 0.827. The van der Waals surface area contributed by atoms with Crippen molar-refractivity contribution in [2.24, 2.45) is 17.4 Å². The lowest BCUT2D eigenvalue weighted by Crippen LogP contribution is -2.61. The first kappa shape index (κ1) is 71.2. The zero-order valence-corrected chi connectivity index (χ0v) is 50.8. The molecule has 0 unspecified atom stereocenters. The number of nitrogens with one attached hydrogen (secondary N) is 10. The van der Waals surface area contributed by atoms with E-state index >= 15 is 0 Å². The number of para-hydroxylation sites is 1. The molecule has 16 N–H and O–H groups in total. The molecule has 0 radical (unpaired) electrons. The zero-order chi connectivity index (χ0) is 65.5. The molecule has 480 valence electrons. The minimum Gasteiger partial charge on any atom is -0.481 e. The number of hydrogen-bond acceptors (Lipinski definition) is 16. The molecule has 0 aliphatic carbocycles. The van der Waals surface area contributed by atoms with Crippen molar-refractivity contribution in [3.8, 4) is 0 Å². The quantitative estimate of drug-likeness (QED) is 0.0386. The Morgan fingerprint density at radius 3 is 1.99 bits per heavy atom. The van der Waals surface area contributed by atoms with Crippen molar-refractivity contribution in [1.82, 2.24) is 67.1 Å². The minimum absolute atomic E-state index is 0.0584. The van der Waals surface area contributed by atoms with Crippen LogP contribution in [0.3, 0.4) is 0 Å². The first-order chi connectivity index (χ1) is 41.5. The lowest BCUT2D eigenvalue weighted by Gasteiger charge is -2.33. The minimum atomic E-state index is -1.87. The van der Waals surface area contributed by atoms with Crippen LogP contribution < -0.4 is 54.0 Å². The van der Waals surface area contributed by atoms with Gasteiger partial charge in [0.2, 0.25) is 70.9 Å². The van der Waals surface area contributed by atoms with E-state index in [0.717, 1.165) is 38.4 Å². The molecule has 88 heavy (non-hydrogen) atoms. The van der Waals surface area contributed by atoms with Crippen molar-refractivity contribution < 1.29 is 72.5 Å². The van der Waals surface area contributed by atoms with Gasteiger partial charge in [-0.3, -0.25) is 67.7 Å². The number of fused-ring (bicyclic) bond motifs is 1. The molecule has 1 aromatic heterocycles. The monoisotopic (exact) mass is 1250 g/mol. The number of nitrogens with zero attached hydrogens (tertiary/aromatic N) is 4. The van der Waals surface area contributed by atoms with Gasteiger partial charge >= 0.3 is 5.97 Å². The highest BCUT2D eigenvalue weighted by Crippen LogP contribution is 2.21. The second-order valence-electron chi connectivity index (χ2n) is 21.3. The number of likely N-dealkylation sites (N-methyl/N-ethyl adjacent to an activating group) is 4. The first-order valence-electron chi connectivity index (χ1n) is 28.0. The molecule has 12 amide bonds. The number of carboxylic acids is 1. The maximum atomic E-state index is 14.6. The van der Waals surface area contributed by atoms with E-state index < -0.39 is 170 Å². The Balaban J connectivity index is 1.79. The number of carbonyl (C=O) groups is 13. The van der Waals surface area contributed by atoms with E-state index in [4.69, 9.17) is 16.9 Å². The van der Waals surface area contributed by atoms with Gasteiger partial charge in [0, 0.05) is 70.4 Å². The number of hydrogen-bond donors (Lipinski definition) is 14. The molecule has 3 aromatic rings. The molecule has 2 heterocycles. The van der Waals surface area contributed by atoms with Crippen LogP contribution in [0.4, 0.5) is 0 Å². The van der Waals surface area contributed by atoms with Crippen molar-refractivity contribution in [3.63, 3.8) is 0 Å². The van der Waals surface area contributed by atoms with Crippen molar-refractivity contribution in [2.75, 3.05) is 72.5 Å². The molecule has 32 heteroatoms. The number of primary amides is 1. The largest absolute Gasteiger partial charge is 0.481 e. The molecule has 1 aliphatic heterocycles. The predicted octanol–water partition coefficient (Wildman–Crippen LogP) is -4.81. The van der Waals surface area contributed by atoms with E-state index in [1.54, 1.807) is 60.8 Å². The van der Waals surface area contributed by atoms with Gasteiger partial charge in [0.15, 0.2) is 5.96 Å². The zero-order valence-electron chi connectivity index (χ0n) is 50.0. The van der Waals surface area contributed by atoms with E-state index in [2.05, 4.69) is 47.5 Å². The Hall–Kier alpha value is -9.33. The summed E-state index contributed by atoms with van der Waals surface area (Å²) in [6.07, 6.45) is 0.334. The fourth-order valence-electron chi connectivity index (χ4n) is 9.25. The average molecular weight is 1250 g/mol. The molecule has 31 nitrogen and oxygen atoms in total. The third-order valence-corrected chi connectivity index (χ3v) is 15.4. The lowest BCUT2D eigenvalue weighted by molar-refractivity contribution is -0.147. The molecule has 8 atom stereocenters. The summed E-state index contributed by atoms with van der Waals surface area (Å²) in [5.74, 6) is -14.6. The normalized spacial score (nSPS) is 22.9. The van der Waals surface area contributed by atoms with Crippen LogP contribution in [0, 0.1) is 11.3 Å². The summed E-state index contributed by atoms with van der Waals surface area (Å²) in [5, 5.41) is 48.3. The Bertz CT molecular complexity index is 3040. The van der Waals surface area contributed by atoms with Gasteiger partial charge in [0.05, 0.1) is 38.4 Å². The molecule has 1 fully saturated rings. The smallest absolute Gasteiger partial charge is 0.305 e. The number of aromatic nitrogens is 1. The standard InChI is InChI=1S/C56H80N16O15S/c1-30(2)47-55(87)72(7)41(27-73)51(83)63-25-43(75)64-36(18-13-19-60-56(58)59)52(84)71(6)40(20-32-14-9-8-10-15-32)54(86)69(4)26-44(76)66-39(49(81)62-24-42(57)74)28-88-29-45(77)65-38(21-33-23-61-35-17-12-11-16-34(33)35)53(85)70(5)31(3)48(80)67-37(22-46(78)79)50(82)68-47/h8-12,14-17,23,30-31,36-41,47,61,73H,13,18-22,24-29H2,1-7H3,(H2,57,74)(H,62,81)(H,63,83)(H,64,75)(H,65,77)(H,66,76)(H,67,80)(H,68,82)(H,78,79)(H4,58,59,60)/t31-,36+,37+,38-,39+,40-,41+,47-/m1/s1. The summed E-state index contributed by atoms with van der Waals surface area (Å²) in [7, 11) is 4.92. The van der Waals surface area contributed by atoms with Gasteiger partial charge in [-0.1, -0.05) is 62.4 Å². The number of guanidine groups is 1. The Morgan fingerprint density at radius 1 is 0.716 bits per heavy atom. The van der Waals surface area contributed by atoms with Gasteiger partial charge in [-0.25, -0.2) is 0 Å². The van der Waals surface area contributed by atoms with Crippen LogP contribution in [0.1, 0.15) is 51.2 Å². The van der Waals surface area contributed by atoms with Gasteiger partial charge in [-0.15, -0.1) is 11.8 Å². The van der Waals surface area contributed by atoms with Crippen LogP contribution in [0.15, 0.2) is 60.8 Å². The molecule has 2 aromatic carbocycles. The number of carbonyl (C=O) groups excluding carboxylic acids is 12. The van der Waals surface area contributed by atoms with Crippen LogP contribution in [-0.2, 0) is 75.2 Å². The third-order valence-electron chi connectivity index (χ3n) is 14.4. The molecular weight excluding hydrogens is 1170 g/mol. The Labute approximate surface area is 511 Å². The fraction of sp³-hybridized carbons (Fsp3) is 0.500. The maximum absolute atomic E-state index is 14.6. The molecule has 0 saturated carbocycles. The molecule has 1 saturated heterocycles. The number of benzene rings is 2. The number of aliphatic hydroxyl groups excluding tert-OH is 1. The van der Waals surface area contributed by atoms with E-state index in [9.17, 15) is 72.5 Å². The summed E-state index contributed by atoms with van der Waals surface area (Å²) in [4.78, 5) is 185. The number of H-pyrrole nitrogens is 1. The number of thioether (sulfide) groups is 1. The van der Waals surface area contributed by atoms with Gasteiger partial charge in [-0.2, -0.15) is 0 Å². The van der Waals surface area contributed by atoms with Crippen molar-refractivity contribution >= 4 is 105 Å². The lowest BCUT2D eigenvalue weighted by atomic mass is 10.0. The molecule has 4 rings (SSSR count). The van der Waals surface area contributed by atoms with E-state index in [1.165, 1.54) is 41.9 Å². The highest BCUT2D eigenvalue weighted by atomic mass is 32.2. The number of rotatable bonds is 15. The maximum Gasteiger partial charge on any atom is 0.305 e. The van der Waals surface area contributed by atoms with Gasteiger partial charge < -0.3 is 88.8 Å². The second-order valence-corrected chi connectivity index (χ2v) is 22.4. The molecule has 0 bridgehead atoms. The average Bonchev–Trinajstić information content (AvgIpc) is 3.22. The number of amides is 12. The summed E-state index contributed by atoms with van der Waals surface area (Å²) in [5.41, 5.74) is 12.6.